The van der Waals surface area contributed by atoms with Crippen LogP contribution in [-0.4, -0.2) is 32.0 Å². The molecule has 0 unspecified atom stereocenters. The van der Waals surface area contributed by atoms with Gasteiger partial charge < -0.3 is 15.0 Å². The van der Waals surface area contributed by atoms with E-state index in [1.807, 2.05) is 39.1 Å². The van der Waals surface area contributed by atoms with Crippen molar-refractivity contribution in [3.05, 3.63) is 30.3 Å². The molecule has 0 radical (unpaired) electrons. The number of nitrogens with one attached hydrogen (secondary N) is 1. The number of rotatable bonds is 6. The van der Waals surface area contributed by atoms with Crippen molar-refractivity contribution in [1.82, 2.24) is 5.32 Å². The predicted molar refractivity (Wildman–Crippen MR) is 67.9 cm³/mol. The number of nitrogens with zero attached hydrogens (tertiary/aromatic N) is 1. The number of para-hydroxylation sites is 1. The van der Waals surface area contributed by atoms with Gasteiger partial charge in [-0.3, -0.25) is 0 Å². The Morgan fingerprint density at radius 1 is 1.31 bits per heavy atom. The molecule has 1 aromatic carbocycles. The van der Waals surface area contributed by atoms with E-state index in [1.54, 1.807) is 0 Å². The zero-order valence-corrected chi connectivity index (χ0v) is 10.2. The van der Waals surface area contributed by atoms with E-state index in [0.717, 1.165) is 19.4 Å². The number of likely N-dealkylation sites (N-methyl/N-ethyl adjacent to an activating group) is 1. The average Bonchev–Trinajstić information content (AvgIpc) is 2.30. The van der Waals surface area contributed by atoms with Gasteiger partial charge in [-0.15, -0.1) is 0 Å². The van der Waals surface area contributed by atoms with Crippen molar-refractivity contribution in [3.8, 4) is 0 Å². The largest absolute Gasteiger partial charge is 0.373 e. The van der Waals surface area contributed by atoms with Gasteiger partial charge in [0.15, 0.2) is 0 Å². The monoisotopic (exact) mass is 220 g/mol. The Hall–Kier alpha value is -1.35. The molecule has 0 aliphatic rings. The summed E-state index contributed by atoms with van der Waals surface area (Å²) in [6.45, 7) is 5.42. The van der Waals surface area contributed by atoms with Gasteiger partial charge in [-0.25, -0.2) is 0 Å². The number of benzene rings is 1. The van der Waals surface area contributed by atoms with Crippen LogP contribution in [0.3, 0.4) is 0 Å². The summed E-state index contributed by atoms with van der Waals surface area (Å²) in [6, 6.07) is 10.2. The topological polar surface area (TPSA) is 32.3 Å². The highest BCUT2D eigenvalue weighted by Crippen LogP contribution is 2.09. The zero-order valence-electron chi connectivity index (χ0n) is 10.2. The molecule has 0 aliphatic heterocycles. The molecule has 0 saturated heterocycles. The van der Waals surface area contributed by atoms with E-state index in [2.05, 4.69) is 22.3 Å². The molecule has 88 valence electrons. The van der Waals surface area contributed by atoms with E-state index in [9.17, 15) is 4.79 Å². The van der Waals surface area contributed by atoms with Gasteiger partial charge in [0.25, 0.3) is 0 Å². The summed E-state index contributed by atoms with van der Waals surface area (Å²) >= 11 is 0. The van der Waals surface area contributed by atoms with Crippen LogP contribution in [0.4, 0.5) is 5.69 Å². The first-order valence-electron chi connectivity index (χ1n) is 5.53. The first-order chi connectivity index (χ1) is 7.55. The molecule has 1 N–H and O–H groups in total. The fourth-order valence-corrected chi connectivity index (χ4v) is 1.40. The lowest BCUT2D eigenvalue weighted by atomic mass is 10.1. The van der Waals surface area contributed by atoms with Gasteiger partial charge in [0.2, 0.25) is 0 Å². The van der Waals surface area contributed by atoms with Crippen LogP contribution in [-0.2, 0) is 4.79 Å². The van der Waals surface area contributed by atoms with Crippen LogP contribution in [0.25, 0.3) is 0 Å². The first kappa shape index (κ1) is 12.7. The van der Waals surface area contributed by atoms with Crippen molar-refractivity contribution in [2.24, 2.45) is 0 Å². The highest BCUT2D eigenvalue weighted by Gasteiger charge is 2.14. The number of hydrogen-bond acceptors (Lipinski definition) is 3. The van der Waals surface area contributed by atoms with Crippen LogP contribution in [0.15, 0.2) is 30.3 Å². The minimum absolute atomic E-state index is 0.433. The Morgan fingerprint density at radius 3 is 2.50 bits per heavy atom. The number of hydrogen-bond donors (Lipinski definition) is 1. The molecule has 16 heavy (non-hydrogen) atoms. The molecule has 0 fully saturated rings. The summed E-state index contributed by atoms with van der Waals surface area (Å²) in [4.78, 5) is 12.9. The van der Waals surface area contributed by atoms with Crippen molar-refractivity contribution in [2.45, 2.75) is 19.4 Å². The molecule has 3 nitrogen and oxygen atoms in total. The quantitative estimate of drug-likeness (QED) is 0.740. The van der Waals surface area contributed by atoms with E-state index >= 15 is 0 Å². The Bertz CT molecular complexity index is 322. The van der Waals surface area contributed by atoms with Crippen molar-refractivity contribution >= 4 is 12.0 Å². The van der Waals surface area contributed by atoms with Gasteiger partial charge in [-0.2, -0.15) is 0 Å². The maximum absolute atomic E-state index is 10.7. The summed E-state index contributed by atoms with van der Waals surface area (Å²) in [5, 5.41) is 3.20. The molecular weight excluding hydrogens is 200 g/mol. The normalized spacial score (nSPS) is 11.2. The van der Waals surface area contributed by atoms with Crippen molar-refractivity contribution < 1.29 is 4.79 Å². The van der Waals surface area contributed by atoms with Crippen LogP contribution in [0.5, 0.6) is 0 Å². The summed E-state index contributed by atoms with van der Waals surface area (Å²) in [6.07, 6.45) is 0.940. The second-order valence-electron chi connectivity index (χ2n) is 4.52. The zero-order chi connectivity index (χ0) is 12.0. The Kier molecular flexibility index (Phi) is 4.50. The molecule has 1 aromatic rings. The van der Waals surface area contributed by atoms with Crippen LogP contribution in [0, 0.1) is 0 Å². The second kappa shape index (κ2) is 5.66. The van der Waals surface area contributed by atoms with E-state index in [1.165, 1.54) is 5.69 Å². The summed E-state index contributed by atoms with van der Waals surface area (Å²) in [7, 11) is 2.05. The van der Waals surface area contributed by atoms with Gasteiger partial charge in [-0.05, 0) is 26.0 Å². The molecule has 0 aliphatic carbocycles. The molecule has 0 aromatic heterocycles. The van der Waals surface area contributed by atoms with Crippen LogP contribution >= 0.6 is 0 Å². The third-order valence-electron chi connectivity index (χ3n) is 2.52. The van der Waals surface area contributed by atoms with E-state index < -0.39 is 5.54 Å². The average molecular weight is 220 g/mol. The van der Waals surface area contributed by atoms with Crippen LogP contribution in [0.1, 0.15) is 13.8 Å². The third kappa shape index (κ3) is 4.03. The highest BCUT2D eigenvalue weighted by molar-refractivity contribution is 5.62. The van der Waals surface area contributed by atoms with Crippen molar-refractivity contribution in [1.29, 1.82) is 0 Å². The van der Waals surface area contributed by atoms with E-state index in [4.69, 9.17) is 0 Å². The fraction of sp³-hybridized carbons (Fsp3) is 0.462. The van der Waals surface area contributed by atoms with Gasteiger partial charge in [0.05, 0.1) is 5.54 Å². The molecular formula is C13H20N2O. The minimum atomic E-state index is -0.433. The SMILES string of the molecule is CN(CCNC(C)(C)C=O)c1ccccc1. The molecule has 0 spiro atoms. The fourth-order valence-electron chi connectivity index (χ4n) is 1.40. The number of carbonyl (C=O) groups excluding carboxylic acids is 1. The third-order valence-corrected chi connectivity index (χ3v) is 2.52. The Balaban J connectivity index is 2.37. The van der Waals surface area contributed by atoms with Gasteiger partial charge in [0.1, 0.15) is 6.29 Å². The molecule has 0 bridgehead atoms. The maximum atomic E-state index is 10.7. The number of carbonyl (C=O) groups is 1. The molecule has 1 rings (SSSR count). The summed E-state index contributed by atoms with van der Waals surface area (Å²) < 4.78 is 0. The second-order valence-corrected chi connectivity index (χ2v) is 4.52. The molecule has 0 saturated carbocycles. The number of anilines is 1. The Morgan fingerprint density at radius 2 is 1.94 bits per heavy atom. The summed E-state index contributed by atoms with van der Waals surface area (Å²) in [5.74, 6) is 0. The number of aldehydes is 1. The lowest BCUT2D eigenvalue weighted by molar-refractivity contribution is -0.112. The van der Waals surface area contributed by atoms with Crippen LogP contribution < -0.4 is 10.2 Å². The minimum Gasteiger partial charge on any atom is -0.373 e. The summed E-state index contributed by atoms with van der Waals surface area (Å²) in [5.41, 5.74) is 0.755. The van der Waals surface area contributed by atoms with Crippen molar-refractivity contribution in [3.63, 3.8) is 0 Å². The standard InChI is InChI=1S/C13H20N2O/c1-13(2,11-16)14-9-10-15(3)12-7-5-4-6-8-12/h4-8,11,14H,9-10H2,1-3H3. The van der Waals surface area contributed by atoms with Gasteiger partial charge in [0, 0.05) is 25.8 Å². The van der Waals surface area contributed by atoms with E-state index in [-0.39, 0.29) is 0 Å². The molecule has 0 atom stereocenters. The molecule has 3 heteroatoms. The Labute approximate surface area is 97.5 Å². The highest BCUT2D eigenvalue weighted by atomic mass is 16.1. The van der Waals surface area contributed by atoms with E-state index in [0.29, 0.717) is 0 Å². The predicted octanol–water partition coefficient (Wildman–Crippen LogP) is 1.69. The van der Waals surface area contributed by atoms with Crippen molar-refractivity contribution in [2.75, 3.05) is 25.0 Å². The molecule has 0 amide bonds. The lowest BCUT2D eigenvalue weighted by Gasteiger charge is -2.23. The van der Waals surface area contributed by atoms with Crippen LogP contribution in [0.2, 0.25) is 0 Å². The van der Waals surface area contributed by atoms with Gasteiger partial charge >= 0.3 is 0 Å². The first-order valence-corrected chi connectivity index (χ1v) is 5.53. The van der Waals surface area contributed by atoms with Gasteiger partial charge in [-0.1, -0.05) is 18.2 Å². The maximum Gasteiger partial charge on any atom is 0.139 e. The lowest BCUT2D eigenvalue weighted by Crippen LogP contribution is -2.44. The molecule has 0 heterocycles. The smallest absolute Gasteiger partial charge is 0.139 e.